The number of aromatic nitrogens is 2. The number of carbonyl (C=O) groups excluding carboxylic acids is 4. The first-order valence-corrected chi connectivity index (χ1v) is 13.2. The van der Waals surface area contributed by atoms with Crippen LogP contribution in [0, 0.1) is 5.92 Å². The number of hydrogen-bond acceptors (Lipinski definition) is 8. The van der Waals surface area contributed by atoms with Crippen molar-refractivity contribution in [3.05, 3.63) is 38.9 Å². The van der Waals surface area contributed by atoms with E-state index in [1.165, 1.54) is 28.5 Å². The Kier molecular flexibility index (Phi) is 8.40. The smallest absolute Gasteiger partial charge is 0.314 e. The fourth-order valence-corrected chi connectivity index (χ4v) is 5.87. The number of thiazole rings is 1. The molecule has 198 valence electrons. The van der Waals surface area contributed by atoms with Crippen LogP contribution in [0.5, 0.6) is 0 Å². The Balaban J connectivity index is 1.46. The minimum atomic E-state index is -0.900. The molecule has 1 aliphatic heterocycles. The summed E-state index contributed by atoms with van der Waals surface area (Å²) in [6, 6.07) is 1.88. The highest BCUT2D eigenvalue weighted by molar-refractivity contribution is 7.13. The van der Waals surface area contributed by atoms with Crippen molar-refractivity contribution in [1.82, 2.24) is 30.4 Å². The van der Waals surface area contributed by atoms with E-state index in [4.69, 9.17) is 11.6 Å². The van der Waals surface area contributed by atoms with Crippen molar-refractivity contribution in [2.75, 3.05) is 33.0 Å². The van der Waals surface area contributed by atoms with Crippen molar-refractivity contribution < 1.29 is 19.2 Å². The molecule has 1 aliphatic carbocycles. The predicted molar refractivity (Wildman–Crippen MR) is 139 cm³/mol. The Labute approximate surface area is 224 Å². The SMILES string of the molecule is CN1CCc2nc(C(=O)NC3CC(C(=O)N(C)C)CCC3NC(=O)C(=O)Nc3cc(Cl)ccn3)sc2C1. The van der Waals surface area contributed by atoms with Gasteiger partial charge >= 0.3 is 11.8 Å². The molecule has 4 rings (SSSR count). The van der Waals surface area contributed by atoms with Gasteiger partial charge in [0, 0.05) is 61.7 Å². The van der Waals surface area contributed by atoms with E-state index >= 15 is 0 Å². The van der Waals surface area contributed by atoms with Crippen LogP contribution in [0.15, 0.2) is 18.3 Å². The fraction of sp³-hybridized carbons (Fsp3) is 0.500. The van der Waals surface area contributed by atoms with E-state index in [1.54, 1.807) is 20.2 Å². The molecule has 0 radical (unpaired) electrons. The molecular weight excluding hydrogens is 518 g/mol. The summed E-state index contributed by atoms with van der Waals surface area (Å²) in [6.45, 7) is 1.63. The summed E-state index contributed by atoms with van der Waals surface area (Å²) >= 11 is 7.27. The van der Waals surface area contributed by atoms with Crippen molar-refractivity contribution in [1.29, 1.82) is 0 Å². The van der Waals surface area contributed by atoms with Crippen LogP contribution in [0.1, 0.15) is 39.6 Å². The lowest BCUT2D eigenvalue weighted by atomic mass is 9.81. The molecule has 4 amide bonds. The van der Waals surface area contributed by atoms with Crippen molar-refractivity contribution in [2.24, 2.45) is 5.92 Å². The molecule has 11 nitrogen and oxygen atoms in total. The van der Waals surface area contributed by atoms with Gasteiger partial charge in [0.25, 0.3) is 5.91 Å². The van der Waals surface area contributed by atoms with E-state index in [9.17, 15) is 19.2 Å². The summed E-state index contributed by atoms with van der Waals surface area (Å²) in [5.41, 5.74) is 0.939. The molecule has 1 saturated carbocycles. The number of nitrogens with zero attached hydrogens (tertiary/aromatic N) is 4. The molecule has 13 heteroatoms. The van der Waals surface area contributed by atoms with E-state index in [0.29, 0.717) is 29.3 Å². The number of amides is 4. The molecule has 0 bridgehead atoms. The molecule has 2 aromatic rings. The average Bonchev–Trinajstić information content (AvgIpc) is 3.28. The van der Waals surface area contributed by atoms with Crippen LogP contribution in [0.25, 0.3) is 0 Å². The van der Waals surface area contributed by atoms with E-state index in [-0.39, 0.29) is 23.6 Å². The Bertz CT molecular complexity index is 1200. The largest absolute Gasteiger partial charge is 0.349 e. The van der Waals surface area contributed by atoms with E-state index in [1.807, 2.05) is 7.05 Å². The van der Waals surface area contributed by atoms with Crippen molar-refractivity contribution in [3.63, 3.8) is 0 Å². The summed E-state index contributed by atoms with van der Waals surface area (Å²) in [5, 5.41) is 8.85. The summed E-state index contributed by atoms with van der Waals surface area (Å²) in [5.74, 6) is -2.31. The van der Waals surface area contributed by atoms with Crippen molar-refractivity contribution in [3.8, 4) is 0 Å². The zero-order valence-corrected chi connectivity index (χ0v) is 22.5. The number of hydrogen-bond donors (Lipinski definition) is 3. The van der Waals surface area contributed by atoms with Gasteiger partial charge in [-0.05, 0) is 38.4 Å². The number of likely N-dealkylation sites (N-methyl/N-ethyl adjacent to an activating group) is 1. The lowest BCUT2D eigenvalue weighted by Gasteiger charge is -2.37. The van der Waals surface area contributed by atoms with Crippen LogP contribution in [0.3, 0.4) is 0 Å². The second-order valence-corrected chi connectivity index (χ2v) is 11.1. The van der Waals surface area contributed by atoms with Gasteiger partial charge in [-0.3, -0.25) is 19.2 Å². The molecule has 1 fully saturated rings. The van der Waals surface area contributed by atoms with E-state index < -0.39 is 23.9 Å². The monoisotopic (exact) mass is 547 g/mol. The second-order valence-electron chi connectivity index (χ2n) is 9.59. The van der Waals surface area contributed by atoms with Gasteiger partial charge in [0.05, 0.1) is 11.7 Å². The average molecular weight is 548 g/mol. The number of rotatable bonds is 5. The number of anilines is 1. The third kappa shape index (κ3) is 6.62. The van der Waals surface area contributed by atoms with Crippen LogP contribution in [-0.2, 0) is 27.3 Å². The first kappa shape index (κ1) is 27.0. The fourth-order valence-electron chi connectivity index (χ4n) is 4.62. The second kappa shape index (κ2) is 11.5. The van der Waals surface area contributed by atoms with E-state index in [2.05, 4.69) is 30.8 Å². The molecule has 2 aliphatic rings. The predicted octanol–water partition coefficient (Wildman–Crippen LogP) is 1.29. The number of nitrogens with one attached hydrogen (secondary N) is 3. The van der Waals surface area contributed by atoms with Crippen LogP contribution < -0.4 is 16.0 Å². The Morgan fingerprint density at radius 3 is 2.65 bits per heavy atom. The maximum absolute atomic E-state index is 13.2. The molecule has 0 spiro atoms. The quantitative estimate of drug-likeness (QED) is 0.480. The van der Waals surface area contributed by atoms with Gasteiger partial charge in [-0.25, -0.2) is 9.97 Å². The number of pyridine rings is 1. The molecule has 0 aromatic carbocycles. The normalized spacial score (nSPS) is 21.5. The van der Waals surface area contributed by atoms with Crippen LogP contribution in [0.4, 0.5) is 5.82 Å². The number of fused-ring (bicyclic) bond motifs is 1. The van der Waals surface area contributed by atoms with Gasteiger partial charge in [-0.15, -0.1) is 11.3 Å². The van der Waals surface area contributed by atoms with Crippen molar-refractivity contribution >= 4 is 52.4 Å². The van der Waals surface area contributed by atoms with Gasteiger partial charge in [-0.1, -0.05) is 11.6 Å². The molecule has 3 unspecified atom stereocenters. The minimum Gasteiger partial charge on any atom is -0.349 e. The topological polar surface area (TPSA) is 137 Å². The van der Waals surface area contributed by atoms with Crippen LogP contribution in [-0.4, -0.2) is 83.2 Å². The Morgan fingerprint density at radius 1 is 1.14 bits per heavy atom. The third-order valence-corrected chi connectivity index (χ3v) is 7.88. The zero-order valence-electron chi connectivity index (χ0n) is 20.9. The minimum absolute atomic E-state index is 0.0402. The molecule has 37 heavy (non-hydrogen) atoms. The molecule has 0 saturated heterocycles. The molecular formula is C24H30ClN7O4S. The highest BCUT2D eigenvalue weighted by Crippen LogP contribution is 2.28. The molecule has 2 aromatic heterocycles. The lowest BCUT2D eigenvalue weighted by molar-refractivity contribution is -0.137. The Morgan fingerprint density at radius 2 is 1.92 bits per heavy atom. The summed E-state index contributed by atoms with van der Waals surface area (Å²) < 4.78 is 0. The molecule has 3 heterocycles. The summed E-state index contributed by atoms with van der Waals surface area (Å²) in [7, 11) is 5.41. The zero-order chi connectivity index (χ0) is 26.7. The number of carbonyl (C=O) groups is 4. The highest BCUT2D eigenvalue weighted by Gasteiger charge is 2.37. The first-order valence-electron chi connectivity index (χ1n) is 12.0. The molecule has 3 atom stereocenters. The molecule has 3 N–H and O–H groups in total. The van der Waals surface area contributed by atoms with Crippen LogP contribution in [0.2, 0.25) is 5.02 Å². The van der Waals surface area contributed by atoms with E-state index in [0.717, 1.165) is 30.1 Å². The van der Waals surface area contributed by atoms with Crippen LogP contribution >= 0.6 is 22.9 Å². The van der Waals surface area contributed by atoms with Gasteiger partial charge in [0.15, 0.2) is 5.01 Å². The number of halogens is 1. The summed E-state index contributed by atoms with van der Waals surface area (Å²) in [4.78, 5) is 64.3. The third-order valence-electron chi connectivity index (χ3n) is 6.56. The van der Waals surface area contributed by atoms with Gasteiger partial charge in [0.1, 0.15) is 5.82 Å². The van der Waals surface area contributed by atoms with Gasteiger partial charge < -0.3 is 25.8 Å². The highest BCUT2D eigenvalue weighted by atomic mass is 35.5. The first-order chi connectivity index (χ1) is 17.6. The van der Waals surface area contributed by atoms with Gasteiger partial charge in [-0.2, -0.15) is 0 Å². The Hall–Kier alpha value is -3.09. The lowest BCUT2D eigenvalue weighted by Crippen LogP contribution is -2.57. The maximum atomic E-state index is 13.2. The maximum Gasteiger partial charge on any atom is 0.314 e. The van der Waals surface area contributed by atoms with Crippen molar-refractivity contribution in [2.45, 2.75) is 44.3 Å². The summed E-state index contributed by atoms with van der Waals surface area (Å²) in [6.07, 6.45) is 3.47. The van der Waals surface area contributed by atoms with Gasteiger partial charge in [0.2, 0.25) is 5.91 Å². The standard InChI is InChI=1S/C24H30ClN7O4S/c1-31(2)24(36)13-4-5-15(27-20(33)21(34)30-19-11-14(25)6-8-26-19)17(10-13)28-22(35)23-29-16-7-9-32(3)12-18(16)37-23/h6,8,11,13,15,17H,4-5,7,9-10,12H2,1-3H3,(H,27,33)(H,28,35)(H,26,30,34).